The summed E-state index contributed by atoms with van der Waals surface area (Å²) >= 11 is 1.32. The Labute approximate surface area is 190 Å². The first-order valence-electron chi connectivity index (χ1n) is 10.2. The maximum absolute atomic E-state index is 12.9. The SMILES string of the molecule is CC(C)(C)OC(=O)CC[C@@H](C(N)=O)N1Cc2c(/C=C/c3ccc(C=O)cc3)csc2C1=O. The van der Waals surface area contributed by atoms with Gasteiger partial charge >= 0.3 is 5.97 Å². The Bertz CT molecular complexity index is 1060. The molecule has 7 nitrogen and oxygen atoms in total. The number of rotatable bonds is 8. The number of nitrogens with zero attached hydrogens (tertiary/aromatic N) is 1. The lowest BCUT2D eigenvalue weighted by Gasteiger charge is -2.26. The van der Waals surface area contributed by atoms with Crippen LogP contribution in [0.1, 0.15) is 70.3 Å². The highest BCUT2D eigenvalue weighted by Gasteiger charge is 2.38. The lowest BCUT2D eigenvalue weighted by molar-refractivity contribution is -0.155. The zero-order chi connectivity index (χ0) is 23.5. The quantitative estimate of drug-likeness (QED) is 0.484. The van der Waals surface area contributed by atoms with E-state index in [1.807, 2.05) is 29.7 Å². The molecule has 0 spiro atoms. The van der Waals surface area contributed by atoms with Gasteiger partial charge in [-0.25, -0.2) is 0 Å². The number of benzene rings is 1. The summed E-state index contributed by atoms with van der Waals surface area (Å²) in [7, 11) is 0. The maximum atomic E-state index is 12.9. The molecule has 0 bridgehead atoms. The lowest BCUT2D eigenvalue weighted by atomic mass is 10.1. The topological polar surface area (TPSA) is 107 Å². The Balaban J connectivity index is 1.72. The summed E-state index contributed by atoms with van der Waals surface area (Å²) in [5, 5.41) is 1.90. The Morgan fingerprint density at radius 2 is 1.84 bits per heavy atom. The van der Waals surface area contributed by atoms with Crippen molar-refractivity contribution in [3.63, 3.8) is 0 Å². The van der Waals surface area contributed by atoms with E-state index in [-0.39, 0.29) is 25.3 Å². The number of thiophene rings is 1. The molecule has 3 rings (SSSR count). The van der Waals surface area contributed by atoms with Crippen molar-refractivity contribution < 1.29 is 23.9 Å². The Kier molecular flexibility index (Phi) is 6.93. The van der Waals surface area contributed by atoms with Crippen LogP contribution in [-0.4, -0.2) is 40.6 Å². The minimum atomic E-state index is -0.887. The summed E-state index contributed by atoms with van der Waals surface area (Å²) in [5.74, 6) is -1.34. The highest BCUT2D eigenvalue weighted by atomic mass is 32.1. The zero-order valence-electron chi connectivity index (χ0n) is 18.3. The van der Waals surface area contributed by atoms with Gasteiger partial charge in [0.25, 0.3) is 5.91 Å². The fourth-order valence-electron chi connectivity index (χ4n) is 3.47. The molecule has 168 valence electrons. The largest absolute Gasteiger partial charge is 0.460 e. The average molecular weight is 455 g/mol. The second kappa shape index (κ2) is 9.48. The van der Waals surface area contributed by atoms with E-state index in [0.29, 0.717) is 10.4 Å². The number of carbonyl (C=O) groups excluding carboxylic acids is 4. The molecule has 2 aromatic rings. The Hall–Kier alpha value is -3.26. The number of fused-ring (bicyclic) bond motifs is 1. The molecule has 0 radical (unpaired) electrons. The van der Waals surface area contributed by atoms with Crippen LogP contribution in [0.2, 0.25) is 0 Å². The molecule has 2 N–H and O–H groups in total. The third-order valence-electron chi connectivity index (χ3n) is 4.98. The van der Waals surface area contributed by atoms with E-state index in [1.165, 1.54) is 16.2 Å². The van der Waals surface area contributed by atoms with Crippen molar-refractivity contribution in [3.05, 3.63) is 56.8 Å². The molecule has 0 saturated heterocycles. The predicted molar refractivity (Wildman–Crippen MR) is 123 cm³/mol. The van der Waals surface area contributed by atoms with E-state index in [2.05, 4.69) is 0 Å². The van der Waals surface area contributed by atoms with Gasteiger partial charge in [0.15, 0.2) is 0 Å². The van der Waals surface area contributed by atoms with E-state index >= 15 is 0 Å². The summed E-state index contributed by atoms with van der Waals surface area (Å²) in [6.07, 6.45) is 4.70. The minimum Gasteiger partial charge on any atom is -0.460 e. The van der Waals surface area contributed by atoms with Crippen molar-refractivity contribution in [1.82, 2.24) is 4.90 Å². The van der Waals surface area contributed by atoms with Gasteiger partial charge in [0, 0.05) is 24.1 Å². The van der Waals surface area contributed by atoms with Gasteiger partial charge in [0.2, 0.25) is 5.91 Å². The smallest absolute Gasteiger partial charge is 0.306 e. The highest BCUT2D eigenvalue weighted by Crippen LogP contribution is 2.34. The van der Waals surface area contributed by atoms with Crippen molar-refractivity contribution >= 4 is 47.6 Å². The Morgan fingerprint density at radius 1 is 1.19 bits per heavy atom. The second-order valence-corrected chi connectivity index (χ2v) is 9.47. The molecule has 0 saturated carbocycles. The van der Waals surface area contributed by atoms with Crippen LogP contribution in [0, 0.1) is 0 Å². The van der Waals surface area contributed by atoms with Crippen molar-refractivity contribution in [1.29, 1.82) is 0 Å². The normalized spacial score (nSPS) is 14.5. The van der Waals surface area contributed by atoms with Gasteiger partial charge in [-0.1, -0.05) is 36.4 Å². The minimum absolute atomic E-state index is 0.00809. The monoisotopic (exact) mass is 454 g/mol. The summed E-state index contributed by atoms with van der Waals surface area (Å²) < 4.78 is 5.29. The number of ether oxygens (including phenoxy) is 1. The van der Waals surface area contributed by atoms with Gasteiger partial charge in [0.05, 0.1) is 4.88 Å². The van der Waals surface area contributed by atoms with Gasteiger partial charge in [-0.2, -0.15) is 0 Å². The maximum Gasteiger partial charge on any atom is 0.306 e. The predicted octanol–water partition coefficient (Wildman–Crippen LogP) is 3.66. The van der Waals surface area contributed by atoms with Crippen molar-refractivity contribution in [2.45, 2.75) is 51.8 Å². The molecule has 1 aromatic heterocycles. The van der Waals surface area contributed by atoms with Gasteiger partial charge < -0.3 is 15.4 Å². The Morgan fingerprint density at radius 3 is 2.44 bits per heavy atom. The second-order valence-electron chi connectivity index (χ2n) is 8.59. The van der Waals surface area contributed by atoms with Crippen LogP contribution >= 0.6 is 11.3 Å². The molecule has 2 heterocycles. The molecule has 1 atom stereocenters. The van der Waals surface area contributed by atoms with Crippen LogP contribution in [-0.2, 0) is 20.9 Å². The first-order chi connectivity index (χ1) is 15.1. The zero-order valence-corrected chi connectivity index (χ0v) is 19.1. The number of carbonyl (C=O) groups is 4. The van der Waals surface area contributed by atoms with Crippen LogP contribution in [0.5, 0.6) is 0 Å². The number of amides is 2. The summed E-state index contributed by atoms with van der Waals surface area (Å²) in [6.45, 7) is 5.56. The number of hydrogen-bond acceptors (Lipinski definition) is 6. The van der Waals surface area contributed by atoms with E-state index in [9.17, 15) is 19.2 Å². The average Bonchev–Trinajstić information content (AvgIpc) is 3.26. The molecular formula is C24H26N2O5S. The molecule has 0 unspecified atom stereocenters. The standard InChI is InChI=1S/C24H26N2O5S/c1-24(2,3)31-20(28)11-10-19(22(25)29)26-12-18-17(14-32-21(18)23(26)30)9-8-15-4-6-16(13-27)7-5-15/h4-9,13-14,19H,10-12H2,1-3H3,(H2,25,29)/b9-8+/t19-/m0/s1. The molecule has 0 aliphatic carbocycles. The molecule has 0 fully saturated rings. The van der Waals surface area contributed by atoms with E-state index in [4.69, 9.17) is 10.5 Å². The number of primary amides is 1. The third-order valence-corrected chi connectivity index (χ3v) is 6.01. The first kappa shape index (κ1) is 23.4. The van der Waals surface area contributed by atoms with Crippen LogP contribution in [0.25, 0.3) is 12.2 Å². The van der Waals surface area contributed by atoms with E-state index in [0.717, 1.165) is 23.0 Å². The molecule has 1 aliphatic heterocycles. The van der Waals surface area contributed by atoms with Crippen LogP contribution < -0.4 is 5.73 Å². The number of aldehydes is 1. The number of hydrogen-bond donors (Lipinski definition) is 1. The molecule has 32 heavy (non-hydrogen) atoms. The molecular weight excluding hydrogens is 428 g/mol. The van der Waals surface area contributed by atoms with Crippen molar-refractivity contribution in [2.24, 2.45) is 5.73 Å². The molecule has 1 aromatic carbocycles. The fourth-order valence-corrected chi connectivity index (χ4v) is 4.48. The van der Waals surface area contributed by atoms with Gasteiger partial charge in [0.1, 0.15) is 17.9 Å². The summed E-state index contributed by atoms with van der Waals surface area (Å²) in [5.41, 5.74) is 8.19. The number of esters is 1. The summed E-state index contributed by atoms with van der Waals surface area (Å²) in [4.78, 5) is 49.9. The lowest BCUT2D eigenvalue weighted by Crippen LogP contribution is -2.45. The highest BCUT2D eigenvalue weighted by molar-refractivity contribution is 7.12. The summed E-state index contributed by atoms with van der Waals surface area (Å²) in [6, 6.07) is 6.26. The van der Waals surface area contributed by atoms with E-state index in [1.54, 1.807) is 32.9 Å². The first-order valence-corrected chi connectivity index (χ1v) is 11.1. The van der Waals surface area contributed by atoms with Gasteiger partial charge in [-0.05, 0) is 43.7 Å². The van der Waals surface area contributed by atoms with Crippen LogP contribution in [0.4, 0.5) is 0 Å². The van der Waals surface area contributed by atoms with Crippen LogP contribution in [0.3, 0.4) is 0 Å². The van der Waals surface area contributed by atoms with E-state index < -0.39 is 23.5 Å². The molecule has 8 heteroatoms. The third kappa shape index (κ3) is 5.50. The van der Waals surface area contributed by atoms with Gasteiger partial charge in [-0.3, -0.25) is 19.2 Å². The van der Waals surface area contributed by atoms with Gasteiger partial charge in [-0.15, -0.1) is 11.3 Å². The van der Waals surface area contributed by atoms with Crippen LogP contribution in [0.15, 0.2) is 29.6 Å². The molecule has 1 aliphatic rings. The fraction of sp³-hybridized carbons (Fsp3) is 0.333. The van der Waals surface area contributed by atoms with Crippen molar-refractivity contribution in [2.75, 3.05) is 0 Å². The number of nitrogens with two attached hydrogens (primary N) is 1. The molecule has 2 amide bonds. The van der Waals surface area contributed by atoms with Crippen molar-refractivity contribution in [3.8, 4) is 0 Å².